The molecular formula is C16H26N2O. The highest BCUT2D eigenvalue weighted by atomic mass is 16.5. The van der Waals surface area contributed by atoms with Crippen molar-refractivity contribution in [3.8, 4) is 5.75 Å². The molecule has 3 heteroatoms. The van der Waals surface area contributed by atoms with E-state index in [1.54, 1.807) is 13.3 Å². The van der Waals surface area contributed by atoms with Gasteiger partial charge < -0.3 is 10.5 Å². The number of hydrogen-bond acceptors (Lipinski definition) is 3. The summed E-state index contributed by atoms with van der Waals surface area (Å²) in [5.41, 5.74) is 7.27. The Morgan fingerprint density at radius 3 is 2.89 bits per heavy atom. The molecular weight excluding hydrogens is 236 g/mol. The first-order valence-corrected chi connectivity index (χ1v) is 7.47. The van der Waals surface area contributed by atoms with Gasteiger partial charge in [0.05, 0.1) is 13.3 Å². The summed E-state index contributed by atoms with van der Waals surface area (Å²) in [5, 5.41) is 0. The standard InChI is InChI=1S/C16H26N2O/c1-3-4-12-5-6-13(9-17)16(7-12)14-8-15(19-2)11-18-10-14/h8,10-13,16H,3-7,9,17H2,1-2H3. The molecule has 3 unspecified atom stereocenters. The van der Waals surface area contributed by atoms with Gasteiger partial charge in [0.1, 0.15) is 5.75 Å². The minimum absolute atomic E-state index is 0.554. The van der Waals surface area contributed by atoms with Gasteiger partial charge >= 0.3 is 0 Å². The molecule has 2 rings (SSSR count). The molecule has 0 aromatic carbocycles. The molecule has 0 spiro atoms. The Labute approximate surface area is 116 Å². The molecule has 0 bridgehead atoms. The monoisotopic (exact) mass is 262 g/mol. The fourth-order valence-corrected chi connectivity index (χ4v) is 3.43. The zero-order chi connectivity index (χ0) is 13.7. The van der Waals surface area contributed by atoms with Crippen LogP contribution in [-0.2, 0) is 0 Å². The molecule has 19 heavy (non-hydrogen) atoms. The SMILES string of the molecule is CCCC1CCC(CN)C(c2cncc(OC)c2)C1. The Balaban J connectivity index is 2.16. The molecule has 3 nitrogen and oxygen atoms in total. The summed E-state index contributed by atoms with van der Waals surface area (Å²) in [7, 11) is 1.70. The Hall–Kier alpha value is -1.09. The van der Waals surface area contributed by atoms with E-state index in [0.29, 0.717) is 11.8 Å². The number of hydrogen-bond donors (Lipinski definition) is 1. The van der Waals surface area contributed by atoms with Crippen LogP contribution in [0.5, 0.6) is 5.75 Å². The largest absolute Gasteiger partial charge is 0.495 e. The second-order valence-corrected chi connectivity index (χ2v) is 5.73. The van der Waals surface area contributed by atoms with Crippen LogP contribution in [-0.4, -0.2) is 18.6 Å². The lowest BCUT2D eigenvalue weighted by Crippen LogP contribution is -2.29. The van der Waals surface area contributed by atoms with Crippen LogP contribution < -0.4 is 10.5 Å². The molecule has 1 heterocycles. The van der Waals surface area contributed by atoms with Crippen molar-refractivity contribution in [3.05, 3.63) is 24.0 Å². The van der Waals surface area contributed by atoms with Crippen molar-refractivity contribution in [1.29, 1.82) is 0 Å². The van der Waals surface area contributed by atoms with Gasteiger partial charge in [-0.1, -0.05) is 26.2 Å². The normalized spacial score (nSPS) is 27.2. The van der Waals surface area contributed by atoms with Gasteiger partial charge in [-0.3, -0.25) is 4.98 Å². The van der Waals surface area contributed by atoms with Crippen molar-refractivity contribution in [2.45, 2.75) is 44.9 Å². The molecule has 106 valence electrons. The Morgan fingerprint density at radius 1 is 1.37 bits per heavy atom. The van der Waals surface area contributed by atoms with Crippen LogP contribution >= 0.6 is 0 Å². The van der Waals surface area contributed by atoms with Gasteiger partial charge in [-0.15, -0.1) is 0 Å². The fraction of sp³-hybridized carbons (Fsp3) is 0.688. The fourth-order valence-electron chi connectivity index (χ4n) is 3.43. The van der Waals surface area contributed by atoms with E-state index in [9.17, 15) is 0 Å². The number of nitrogens with two attached hydrogens (primary N) is 1. The molecule has 0 amide bonds. The maximum atomic E-state index is 5.97. The van der Waals surface area contributed by atoms with E-state index < -0.39 is 0 Å². The minimum Gasteiger partial charge on any atom is -0.495 e. The number of ether oxygens (including phenoxy) is 1. The summed E-state index contributed by atoms with van der Waals surface area (Å²) >= 11 is 0. The summed E-state index contributed by atoms with van der Waals surface area (Å²) in [6.07, 6.45) is 10.2. The third kappa shape index (κ3) is 3.47. The Bertz CT molecular complexity index is 394. The second kappa shape index (κ2) is 6.90. The summed E-state index contributed by atoms with van der Waals surface area (Å²) < 4.78 is 5.30. The topological polar surface area (TPSA) is 48.1 Å². The number of aromatic nitrogens is 1. The average molecular weight is 262 g/mol. The molecule has 1 aliphatic carbocycles. The maximum Gasteiger partial charge on any atom is 0.137 e. The van der Waals surface area contributed by atoms with Crippen molar-refractivity contribution in [2.24, 2.45) is 17.6 Å². The zero-order valence-corrected chi connectivity index (χ0v) is 12.1. The molecule has 1 aliphatic rings. The highest BCUT2D eigenvalue weighted by Crippen LogP contribution is 2.42. The molecule has 0 aliphatic heterocycles. The van der Waals surface area contributed by atoms with Crippen molar-refractivity contribution >= 4 is 0 Å². The summed E-state index contributed by atoms with van der Waals surface area (Å²) in [5.74, 6) is 2.86. The number of nitrogens with zero attached hydrogens (tertiary/aromatic N) is 1. The molecule has 3 atom stereocenters. The number of methoxy groups -OCH3 is 1. The summed E-state index contributed by atoms with van der Waals surface area (Å²) in [6, 6.07) is 2.13. The highest BCUT2D eigenvalue weighted by Gasteiger charge is 2.30. The lowest BCUT2D eigenvalue weighted by molar-refractivity contribution is 0.229. The number of rotatable bonds is 5. The molecule has 0 radical (unpaired) electrons. The van der Waals surface area contributed by atoms with Gasteiger partial charge in [-0.25, -0.2) is 0 Å². The average Bonchev–Trinajstić information content (AvgIpc) is 2.47. The summed E-state index contributed by atoms with van der Waals surface area (Å²) in [4.78, 5) is 4.30. The van der Waals surface area contributed by atoms with Gasteiger partial charge in [0, 0.05) is 6.20 Å². The quantitative estimate of drug-likeness (QED) is 0.885. The molecule has 1 aromatic heterocycles. The molecule has 0 saturated heterocycles. The lowest BCUT2D eigenvalue weighted by atomic mass is 9.70. The molecule has 2 N–H and O–H groups in total. The van der Waals surface area contributed by atoms with E-state index in [1.165, 1.54) is 37.7 Å². The molecule has 1 fully saturated rings. The first kappa shape index (κ1) is 14.3. The van der Waals surface area contributed by atoms with E-state index in [1.807, 2.05) is 6.20 Å². The number of pyridine rings is 1. The van der Waals surface area contributed by atoms with Gasteiger partial charge in [0.2, 0.25) is 0 Å². The van der Waals surface area contributed by atoms with Crippen LogP contribution in [0, 0.1) is 11.8 Å². The third-order valence-corrected chi connectivity index (χ3v) is 4.50. The van der Waals surface area contributed by atoms with Crippen molar-refractivity contribution in [1.82, 2.24) is 4.98 Å². The van der Waals surface area contributed by atoms with Gasteiger partial charge in [0.15, 0.2) is 0 Å². The van der Waals surface area contributed by atoms with Crippen LogP contribution in [0.3, 0.4) is 0 Å². The van der Waals surface area contributed by atoms with Crippen LogP contribution in [0.2, 0.25) is 0 Å². The van der Waals surface area contributed by atoms with Crippen molar-refractivity contribution < 1.29 is 4.74 Å². The van der Waals surface area contributed by atoms with Crippen LogP contribution in [0.4, 0.5) is 0 Å². The second-order valence-electron chi connectivity index (χ2n) is 5.73. The van der Waals surface area contributed by atoms with E-state index >= 15 is 0 Å². The highest BCUT2D eigenvalue weighted by molar-refractivity contribution is 5.27. The van der Waals surface area contributed by atoms with E-state index in [-0.39, 0.29) is 0 Å². The van der Waals surface area contributed by atoms with Crippen LogP contribution in [0.15, 0.2) is 18.5 Å². The van der Waals surface area contributed by atoms with Crippen molar-refractivity contribution in [2.75, 3.05) is 13.7 Å². The van der Waals surface area contributed by atoms with E-state index in [0.717, 1.165) is 18.2 Å². The molecule has 1 aromatic rings. The summed E-state index contributed by atoms with van der Waals surface area (Å²) in [6.45, 7) is 3.05. The maximum absolute atomic E-state index is 5.97. The first-order chi connectivity index (χ1) is 9.28. The van der Waals surface area contributed by atoms with Gasteiger partial charge in [0.25, 0.3) is 0 Å². The lowest BCUT2D eigenvalue weighted by Gasteiger charge is -2.36. The third-order valence-electron chi connectivity index (χ3n) is 4.50. The first-order valence-electron chi connectivity index (χ1n) is 7.47. The predicted molar refractivity (Wildman–Crippen MR) is 78.3 cm³/mol. The van der Waals surface area contributed by atoms with E-state index in [2.05, 4.69) is 18.0 Å². The van der Waals surface area contributed by atoms with Gasteiger partial charge in [-0.2, -0.15) is 0 Å². The van der Waals surface area contributed by atoms with E-state index in [4.69, 9.17) is 10.5 Å². The smallest absolute Gasteiger partial charge is 0.137 e. The van der Waals surface area contributed by atoms with Crippen LogP contribution in [0.1, 0.15) is 50.5 Å². The Morgan fingerprint density at radius 2 is 2.21 bits per heavy atom. The minimum atomic E-state index is 0.554. The Kier molecular flexibility index (Phi) is 5.20. The zero-order valence-electron chi connectivity index (χ0n) is 12.1. The molecule has 1 saturated carbocycles. The van der Waals surface area contributed by atoms with Crippen molar-refractivity contribution in [3.63, 3.8) is 0 Å². The predicted octanol–water partition coefficient (Wildman–Crippen LogP) is 3.35. The van der Waals surface area contributed by atoms with Crippen LogP contribution in [0.25, 0.3) is 0 Å². The van der Waals surface area contributed by atoms with Gasteiger partial charge in [-0.05, 0) is 48.8 Å².